The van der Waals surface area contributed by atoms with E-state index in [-0.39, 0.29) is 18.9 Å². The number of carbonyl (C=O) groups is 2. The summed E-state index contributed by atoms with van der Waals surface area (Å²) in [7, 11) is 0. The molecular formula is C13H19N3O3. The summed E-state index contributed by atoms with van der Waals surface area (Å²) < 4.78 is 5.31. The largest absolute Gasteiger partial charge is 0.493 e. The molecule has 19 heavy (non-hydrogen) atoms. The van der Waals surface area contributed by atoms with E-state index in [4.69, 9.17) is 16.2 Å². The van der Waals surface area contributed by atoms with Crippen LogP contribution in [0.3, 0.4) is 0 Å². The molecular weight excluding hydrogens is 246 g/mol. The molecule has 0 atom stereocenters. The van der Waals surface area contributed by atoms with Crippen LogP contribution in [0.25, 0.3) is 0 Å². The molecule has 1 rings (SSSR count). The molecule has 1 aromatic carbocycles. The lowest BCUT2D eigenvalue weighted by atomic mass is 10.1. The number of primary amides is 1. The minimum atomic E-state index is -0.934. The maximum absolute atomic E-state index is 11.6. The Hall–Kier alpha value is -2.08. The monoisotopic (exact) mass is 265 g/mol. The highest BCUT2D eigenvalue weighted by Gasteiger charge is 2.21. The van der Waals surface area contributed by atoms with Crippen LogP contribution in [0.2, 0.25) is 0 Å². The van der Waals surface area contributed by atoms with Gasteiger partial charge in [0.25, 0.3) is 0 Å². The Labute approximate surface area is 112 Å². The summed E-state index contributed by atoms with van der Waals surface area (Å²) in [6.07, 6.45) is 0.167. The first-order valence-electron chi connectivity index (χ1n) is 5.90. The minimum absolute atomic E-state index is 0.167. The first-order chi connectivity index (χ1) is 8.79. The van der Waals surface area contributed by atoms with E-state index < -0.39 is 11.4 Å². The number of nitrogens with one attached hydrogen (secondary N) is 1. The molecule has 0 fully saturated rings. The van der Waals surface area contributed by atoms with E-state index in [0.717, 1.165) is 0 Å². The first-order valence-corrected chi connectivity index (χ1v) is 5.90. The normalized spacial score (nSPS) is 10.9. The van der Waals surface area contributed by atoms with E-state index in [9.17, 15) is 9.59 Å². The number of ether oxygens (including phenoxy) is 1. The average molecular weight is 265 g/mol. The molecule has 0 aliphatic rings. The molecule has 0 heterocycles. The van der Waals surface area contributed by atoms with Crippen LogP contribution in [-0.2, 0) is 9.59 Å². The highest BCUT2D eigenvalue weighted by Crippen LogP contribution is 2.16. The summed E-state index contributed by atoms with van der Waals surface area (Å²) in [5, 5.41) is 2.69. The van der Waals surface area contributed by atoms with Crippen molar-refractivity contribution >= 4 is 17.5 Å². The van der Waals surface area contributed by atoms with E-state index in [1.807, 2.05) is 0 Å². The third-order valence-corrected chi connectivity index (χ3v) is 2.31. The van der Waals surface area contributed by atoms with Crippen molar-refractivity contribution < 1.29 is 14.3 Å². The maximum atomic E-state index is 11.6. The molecule has 0 spiro atoms. The van der Waals surface area contributed by atoms with Gasteiger partial charge in [-0.3, -0.25) is 9.59 Å². The fraction of sp³-hybridized carbons (Fsp3) is 0.385. The summed E-state index contributed by atoms with van der Waals surface area (Å²) in [5.41, 5.74) is 10.4. The van der Waals surface area contributed by atoms with Crippen molar-refractivity contribution in [3.8, 4) is 5.75 Å². The van der Waals surface area contributed by atoms with Gasteiger partial charge in [0.2, 0.25) is 11.8 Å². The molecule has 0 radical (unpaired) electrons. The highest BCUT2D eigenvalue weighted by molar-refractivity contribution is 5.97. The van der Waals surface area contributed by atoms with Gasteiger partial charge in [0, 0.05) is 5.69 Å². The van der Waals surface area contributed by atoms with Gasteiger partial charge in [-0.2, -0.15) is 0 Å². The van der Waals surface area contributed by atoms with E-state index >= 15 is 0 Å². The van der Waals surface area contributed by atoms with E-state index in [1.165, 1.54) is 0 Å². The Kier molecular flexibility index (Phi) is 4.88. The summed E-state index contributed by atoms with van der Waals surface area (Å²) in [6.45, 7) is 3.49. The Morgan fingerprint density at radius 1 is 1.26 bits per heavy atom. The number of hydrogen-bond acceptors (Lipinski definition) is 4. The quantitative estimate of drug-likeness (QED) is 0.700. The number of nitrogens with two attached hydrogens (primary N) is 2. The zero-order valence-corrected chi connectivity index (χ0v) is 11.1. The van der Waals surface area contributed by atoms with E-state index in [0.29, 0.717) is 11.4 Å². The van der Waals surface area contributed by atoms with Crippen molar-refractivity contribution in [3.05, 3.63) is 24.3 Å². The van der Waals surface area contributed by atoms with Crippen LogP contribution in [0.4, 0.5) is 5.69 Å². The van der Waals surface area contributed by atoms with Crippen molar-refractivity contribution in [2.45, 2.75) is 25.8 Å². The Morgan fingerprint density at radius 2 is 1.84 bits per heavy atom. The van der Waals surface area contributed by atoms with Crippen LogP contribution in [0.5, 0.6) is 5.75 Å². The fourth-order valence-corrected chi connectivity index (χ4v) is 1.20. The van der Waals surface area contributed by atoms with Crippen molar-refractivity contribution in [3.63, 3.8) is 0 Å². The minimum Gasteiger partial charge on any atom is -0.493 e. The van der Waals surface area contributed by atoms with Gasteiger partial charge in [-0.25, -0.2) is 0 Å². The summed E-state index contributed by atoms with van der Waals surface area (Å²) in [6, 6.07) is 6.78. The topological polar surface area (TPSA) is 107 Å². The lowest BCUT2D eigenvalue weighted by Crippen LogP contribution is -2.45. The predicted octanol–water partition coefficient (Wildman–Crippen LogP) is 0.617. The van der Waals surface area contributed by atoms with Crippen LogP contribution in [0.15, 0.2) is 24.3 Å². The van der Waals surface area contributed by atoms with Crippen molar-refractivity contribution in [1.29, 1.82) is 0 Å². The molecule has 0 aliphatic heterocycles. The zero-order valence-electron chi connectivity index (χ0n) is 11.1. The molecule has 6 nitrogen and oxygen atoms in total. The molecule has 0 aliphatic carbocycles. The number of benzene rings is 1. The van der Waals surface area contributed by atoms with Gasteiger partial charge in [0.05, 0.1) is 18.6 Å². The maximum Gasteiger partial charge on any atom is 0.243 e. The lowest BCUT2D eigenvalue weighted by molar-refractivity contribution is -0.120. The Balaban J connectivity index is 2.52. The van der Waals surface area contributed by atoms with Gasteiger partial charge in [0.1, 0.15) is 5.75 Å². The molecule has 5 N–H and O–H groups in total. The summed E-state index contributed by atoms with van der Waals surface area (Å²) >= 11 is 0. The third kappa shape index (κ3) is 5.39. The second-order valence-electron chi connectivity index (χ2n) is 4.76. The van der Waals surface area contributed by atoms with Crippen LogP contribution < -0.4 is 21.5 Å². The predicted molar refractivity (Wildman–Crippen MR) is 72.6 cm³/mol. The van der Waals surface area contributed by atoms with E-state index in [2.05, 4.69) is 5.32 Å². The Morgan fingerprint density at radius 3 is 2.32 bits per heavy atom. The number of anilines is 1. The first kappa shape index (κ1) is 15.0. The van der Waals surface area contributed by atoms with Gasteiger partial charge in [-0.15, -0.1) is 0 Å². The average Bonchev–Trinajstić information content (AvgIpc) is 2.29. The lowest BCUT2D eigenvalue weighted by Gasteiger charge is -2.17. The smallest absolute Gasteiger partial charge is 0.243 e. The second-order valence-corrected chi connectivity index (χ2v) is 4.76. The number of carbonyl (C=O) groups excluding carboxylic acids is 2. The van der Waals surface area contributed by atoms with Gasteiger partial charge in [-0.1, -0.05) is 0 Å². The number of rotatable bonds is 6. The van der Waals surface area contributed by atoms with Crippen molar-refractivity contribution in [2.75, 3.05) is 11.9 Å². The molecule has 0 saturated carbocycles. The third-order valence-electron chi connectivity index (χ3n) is 2.31. The van der Waals surface area contributed by atoms with Gasteiger partial charge >= 0.3 is 0 Å². The zero-order chi connectivity index (χ0) is 14.5. The molecule has 104 valence electrons. The SMILES string of the molecule is CC(C)(N)C(=O)Nc1ccc(OCCC(N)=O)cc1. The fourth-order valence-electron chi connectivity index (χ4n) is 1.20. The van der Waals surface area contributed by atoms with Crippen LogP contribution >= 0.6 is 0 Å². The van der Waals surface area contributed by atoms with Gasteiger partial charge in [0.15, 0.2) is 0 Å². The molecule has 2 amide bonds. The molecule has 1 aromatic rings. The summed E-state index contributed by atoms with van der Waals surface area (Å²) in [4.78, 5) is 22.2. The standard InChI is InChI=1S/C13H19N3O3/c1-13(2,15)12(18)16-9-3-5-10(6-4-9)19-8-7-11(14)17/h3-6H,7-8,15H2,1-2H3,(H2,14,17)(H,16,18). The molecule has 0 bridgehead atoms. The van der Waals surface area contributed by atoms with Crippen molar-refractivity contribution in [1.82, 2.24) is 0 Å². The highest BCUT2D eigenvalue weighted by atomic mass is 16.5. The number of hydrogen-bond donors (Lipinski definition) is 3. The molecule has 0 saturated heterocycles. The Bertz CT molecular complexity index is 449. The van der Waals surface area contributed by atoms with Gasteiger partial charge in [-0.05, 0) is 38.1 Å². The van der Waals surface area contributed by atoms with Crippen LogP contribution in [-0.4, -0.2) is 24.0 Å². The number of amides is 2. The second kappa shape index (κ2) is 6.19. The van der Waals surface area contributed by atoms with Crippen molar-refractivity contribution in [2.24, 2.45) is 11.5 Å². The van der Waals surface area contributed by atoms with Crippen LogP contribution in [0.1, 0.15) is 20.3 Å². The summed E-state index contributed by atoms with van der Waals surface area (Å²) in [5.74, 6) is -0.0739. The molecule has 0 aromatic heterocycles. The van der Waals surface area contributed by atoms with E-state index in [1.54, 1.807) is 38.1 Å². The van der Waals surface area contributed by atoms with Crippen LogP contribution in [0, 0.1) is 0 Å². The molecule has 0 unspecified atom stereocenters. The molecule has 6 heteroatoms. The van der Waals surface area contributed by atoms with Gasteiger partial charge < -0.3 is 21.5 Å².